The average Bonchev–Trinajstić information content (AvgIpc) is 2.96. The van der Waals surface area contributed by atoms with Crippen LogP contribution < -0.4 is 0 Å². The topological polar surface area (TPSA) is 26.5 Å². The predicted octanol–water partition coefficient (Wildman–Crippen LogP) is 3.54. The van der Waals surface area contributed by atoms with E-state index in [9.17, 15) is 13.9 Å². The lowest BCUT2D eigenvalue weighted by atomic mass is 9.98. The number of aliphatic hydroxyl groups is 1. The summed E-state index contributed by atoms with van der Waals surface area (Å²) in [4.78, 5) is 0.869. The van der Waals surface area contributed by atoms with Crippen molar-refractivity contribution in [3.05, 3.63) is 60.2 Å². The highest BCUT2D eigenvalue weighted by atomic mass is 32.2. The normalized spacial score (nSPS) is 23.3. The van der Waals surface area contributed by atoms with Gasteiger partial charge in [-0.3, -0.25) is 0 Å². The summed E-state index contributed by atoms with van der Waals surface area (Å²) in [5.41, 5.74) is 0.848. The Hall–Kier alpha value is -1.92. The number of nitrogens with zero attached hydrogens (tertiary/aromatic N) is 2. The Morgan fingerprint density at radius 2 is 1.72 bits per heavy atom. The highest BCUT2D eigenvalue weighted by Gasteiger charge is 2.57. The van der Waals surface area contributed by atoms with Crippen LogP contribution in [0.4, 0.5) is 8.78 Å². The molecule has 2 aliphatic rings. The maximum Gasteiger partial charge on any atom is 0.386 e. The van der Waals surface area contributed by atoms with Gasteiger partial charge >= 0.3 is 11.7 Å². The van der Waals surface area contributed by atoms with Gasteiger partial charge < -0.3 is 5.11 Å². The smallest absolute Gasteiger partial charge is 0.346 e. The second-order valence-electron chi connectivity index (χ2n) is 6.31. The SMILES string of the molecule is O[C@@]1(c2ccc(-c3ccccc3)cc2)C[N+]2=C(SCCC2)N1C(F)F. The molecule has 2 aromatic rings. The lowest BCUT2D eigenvalue weighted by molar-refractivity contribution is -0.533. The number of hydrogen-bond donors (Lipinski definition) is 1. The molecule has 2 aromatic carbocycles. The Balaban J connectivity index is 1.68. The van der Waals surface area contributed by atoms with Gasteiger partial charge in [-0.25, -0.2) is 4.58 Å². The molecule has 4 rings (SSSR count). The first-order valence-electron chi connectivity index (χ1n) is 8.30. The first-order chi connectivity index (χ1) is 12.1. The van der Waals surface area contributed by atoms with Gasteiger partial charge in [-0.15, -0.1) is 0 Å². The molecule has 0 spiro atoms. The zero-order valence-corrected chi connectivity index (χ0v) is 14.4. The van der Waals surface area contributed by atoms with E-state index in [1.165, 1.54) is 11.8 Å². The van der Waals surface area contributed by atoms with Crippen LogP contribution in [0.2, 0.25) is 0 Å². The minimum atomic E-state index is -2.75. The summed E-state index contributed by atoms with van der Waals surface area (Å²) in [7, 11) is 0. The maximum atomic E-state index is 13.7. The lowest BCUT2D eigenvalue weighted by Gasteiger charge is -2.27. The predicted molar refractivity (Wildman–Crippen MR) is 95.7 cm³/mol. The van der Waals surface area contributed by atoms with E-state index in [-0.39, 0.29) is 6.54 Å². The Bertz CT molecular complexity index is 795. The zero-order chi connectivity index (χ0) is 17.4. The molecule has 6 heteroatoms. The zero-order valence-electron chi connectivity index (χ0n) is 13.6. The minimum Gasteiger partial charge on any atom is -0.346 e. The van der Waals surface area contributed by atoms with Crippen molar-refractivity contribution in [1.29, 1.82) is 0 Å². The molecule has 1 N–H and O–H groups in total. The molecule has 25 heavy (non-hydrogen) atoms. The third kappa shape index (κ3) is 2.83. The number of halogens is 2. The van der Waals surface area contributed by atoms with E-state index >= 15 is 0 Å². The number of amidine groups is 1. The second kappa shape index (κ2) is 6.42. The average molecular weight is 361 g/mol. The Labute approximate surface area is 149 Å². The molecule has 0 amide bonds. The maximum absolute atomic E-state index is 13.7. The van der Waals surface area contributed by atoms with Crippen molar-refractivity contribution in [3.63, 3.8) is 0 Å². The van der Waals surface area contributed by atoms with Crippen molar-refractivity contribution in [2.75, 3.05) is 18.8 Å². The van der Waals surface area contributed by atoms with Crippen LogP contribution in [0, 0.1) is 0 Å². The van der Waals surface area contributed by atoms with Gasteiger partial charge in [-0.1, -0.05) is 54.6 Å². The van der Waals surface area contributed by atoms with E-state index in [4.69, 9.17) is 0 Å². The molecular weight excluding hydrogens is 342 g/mol. The van der Waals surface area contributed by atoms with Crippen LogP contribution in [-0.2, 0) is 5.72 Å². The van der Waals surface area contributed by atoms with Crippen molar-refractivity contribution in [2.45, 2.75) is 18.7 Å². The number of alkyl halides is 2. The van der Waals surface area contributed by atoms with Crippen LogP contribution in [0.5, 0.6) is 0 Å². The summed E-state index contributed by atoms with van der Waals surface area (Å²) in [6.07, 6.45) is 0.939. The minimum absolute atomic E-state index is 0.171. The second-order valence-corrected chi connectivity index (χ2v) is 7.38. The standard InChI is InChI=1S/C19H19F2N2OS/c20-17(21)23-18-22(11-4-12-25-18)13-19(23,24)16-9-7-15(8-10-16)14-5-2-1-3-6-14/h1-3,5-10,17,24H,4,11-13H2/q+1/t19-/m1/s1. The summed E-state index contributed by atoms with van der Waals surface area (Å²) in [5.74, 6) is 0.804. The first kappa shape index (κ1) is 16.5. The van der Waals surface area contributed by atoms with Gasteiger partial charge in [-0.2, -0.15) is 13.7 Å². The number of benzene rings is 2. The van der Waals surface area contributed by atoms with E-state index in [1.807, 2.05) is 47.0 Å². The monoisotopic (exact) mass is 361 g/mol. The highest BCUT2D eigenvalue weighted by molar-refractivity contribution is 8.13. The van der Waals surface area contributed by atoms with Crippen molar-refractivity contribution >= 4 is 16.9 Å². The van der Waals surface area contributed by atoms with Crippen LogP contribution in [0.25, 0.3) is 11.1 Å². The number of rotatable bonds is 3. The molecule has 0 aliphatic carbocycles. The van der Waals surface area contributed by atoms with Crippen molar-refractivity contribution in [2.24, 2.45) is 0 Å². The third-order valence-corrected chi connectivity index (χ3v) is 5.95. The van der Waals surface area contributed by atoms with Crippen LogP contribution in [0.1, 0.15) is 12.0 Å². The summed E-state index contributed by atoms with van der Waals surface area (Å²) < 4.78 is 29.3. The molecule has 2 heterocycles. The van der Waals surface area contributed by atoms with Gasteiger partial charge in [0.05, 0.1) is 6.54 Å². The fourth-order valence-corrected chi connectivity index (χ4v) is 4.67. The molecule has 0 unspecified atom stereocenters. The molecule has 130 valence electrons. The third-order valence-electron chi connectivity index (χ3n) is 4.74. The van der Waals surface area contributed by atoms with Crippen LogP contribution in [-0.4, -0.2) is 45.1 Å². The molecular formula is C19H19F2N2OS+. The molecule has 3 nitrogen and oxygen atoms in total. The molecule has 2 aliphatic heterocycles. The first-order valence-corrected chi connectivity index (χ1v) is 9.29. The largest absolute Gasteiger partial charge is 0.386 e. The molecule has 0 radical (unpaired) electrons. The van der Waals surface area contributed by atoms with Gasteiger partial charge in [0.15, 0.2) is 6.54 Å². The Kier molecular flexibility index (Phi) is 4.25. The summed E-state index contributed by atoms with van der Waals surface area (Å²) in [6.45, 7) is -1.87. The number of hydrogen-bond acceptors (Lipinski definition) is 3. The molecule has 0 fully saturated rings. The summed E-state index contributed by atoms with van der Waals surface area (Å²) >= 11 is 1.40. The van der Waals surface area contributed by atoms with Crippen molar-refractivity contribution in [3.8, 4) is 11.1 Å². The quantitative estimate of drug-likeness (QED) is 0.669. The molecule has 1 atom stereocenters. The summed E-state index contributed by atoms with van der Waals surface area (Å²) in [5, 5.41) is 11.6. The van der Waals surface area contributed by atoms with Crippen LogP contribution >= 0.6 is 11.8 Å². The van der Waals surface area contributed by atoms with Crippen LogP contribution in [0.15, 0.2) is 54.6 Å². The highest BCUT2D eigenvalue weighted by Crippen LogP contribution is 2.38. The van der Waals surface area contributed by atoms with Crippen LogP contribution in [0.3, 0.4) is 0 Å². The van der Waals surface area contributed by atoms with E-state index in [0.717, 1.165) is 28.2 Å². The van der Waals surface area contributed by atoms with E-state index < -0.39 is 12.3 Å². The van der Waals surface area contributed by atoms with Crippen molar-refractivity contribution < 1.29 is 18.5 Å². The van der Waals surface area contributed by atoms with Crippen molar-refractivity contribution in [1.82, 2.24) is 4.90 Å². The van der Waals surface area contributed by atoms with Gasteiger partial charge in [0.1, 0.15) is 0 Å². The Morgan fingerprint density at radius 1 is 1.04 bits per heavy atom. The van der Waals surface area contributed by atoms with Gasteiger partial charge in [0.2, 0.25) is 0 Å². The fraction of sp³-hybridized carbons (Fsp3) is 0.316. The Morgan fingerprint density at radius 3 is 2.40 bits per heavy atom. The fourth-order valence-electron chi connectivity index (χ4n) is 3.51. The van der Waals surface area contributed by atoms with E-state index in [0.29, 0.717) is 17.3 Å². The lowest BCUT2D eigenvalue weighted by Crippen LogP contribution is -2.49. The molecule has 0 saturated heterocycles. The van der Waals surface area contributed by atoms with Gasteiger partial charge in [0.25, 0.3) is 5.72 Å². The van der Waals surface area contributed by atoms with E-state index in [1.54, 1.807) is 12.1 Å². The summed E-state index contributed by atoms with van der Waals surface area (Å²) in [6, 6.07) is 17.1. The van der Waals surface area contributed by atoms with E-state index in [2.05, 4.69) is 0 Å². The number of thioether (sulfide) groups is 1. The molecule has 0 bridgehead atoms. The van der Waals surface area contributed by atoms with Gasteiger partial charge in [0, 0.05) is 11.3 Å². The molecule has 0 saturated carbocycles. The van der Waals surface area contributed by atoms with Gasteiger partial charge in [-0.05, 0) is 29.3 Å². The molecule has 0 aromatic heterocycles.